The van der Waals surface area contributed by atoms with Gasteiger partial charge >= 0.3 is 12.1 Å². The molecule has 4 aromatic rings. The Bertz CT molecular complexity index is 1530. The highest BCUT2D eigenvalue weighted by molar-refractivity contribution is 6.34. The van der Waals surface area contributed by atoms with Gasteiger partial charge in [-0.25, -0.2) is 0 Å². The Morgan fingerprint density at radius 3 is 2.19 bits per heavy atom. The van der Waals surface area contributed by atoms with Crippen LogP contribution in [0.2, 0.25) is 15.1 Å². The number of amides is 1. The topological polar surface area (TPSA) is 91.3 Å². The number of carbonyl (C=O) groups excluding carboxylic acids is 1. The van der Waals surface area contributed by atoms with Gasteiger partial charge in [0.2, 0.25) is 6.41 Å². The highest BCUT2D eigenvalue weighted by Crippen LogP contribution is 2.38. The van der Waals surface area contributed by atoms with Crippen LogP contribution in [-0.2, 0) is 22.3 Å². The largest absolute Gasteiger partial charge is 0.481 e. The van der Waals surface area contributed by atoms with Crippen LogP contribution >= 0.6 is 34.8 Å². The number of anilines is 1. The van der Waals surface area contributed by atoms with Gasteiger partial charge in [-0.05, 0) is 66.1 Å². The lowest BCUT2D eigenvalue weighted by Crippen LogP contribution is -2.15. The summed E-state index contributed by atoms with van der Waals surface area (Å²) in [5, 5.41) is 14.6. The number of halogens is 6. The summed E-state index contributed by atoms with van der Waals surface area (Å²) in [4.78, 5) is 23.4. The molecule has 0 unspecified atom stereocenters. The number of alkyl halides is 3. The Kier molecular flexibility index (Phi) is 11.6. The monoisotopic (exact) mass is 637 g/mol. The number of rotatable bonds is 9. The number of carbonyl (C=O) groups is 2. The van der Waals surface area contributed by atoms with Crippen molar-refractivity contribution >= 4 is 52.9 Å². The third kappa shape index (κ3) is 9.37. The number of aliphatic carboxylic acids is 1. The van der Waals surface area contributed by atoms with Crippen LogP contribution in [0.25, 0.3) is 22.3 Å². The molecule has 6 nitrogen and oxygen atoms in total. The first-order valence-corrected chi connectivity index (χ1v) is 13.5. The van der Waals surface area contributed by atoms with Crippen molar-refractivity contribution in [3.05, 3.63) is 105 Å². The minimum atomic E-state index is -4.52. The fourth-order valence-corrected chi connectivity index (χ4v) is 4.48. The fraction of sp³-hybridized carbons (Fsp3) is 0.167. The van der Waals surface area contributed by atoms with Gasteiger partial charge in [0.25, 0.3) is 0 Å². The molecule has 220 valence electrons. The number of carboxylic acid groups (broad SMARTS) is 1. The molecule has 3 N–H and O–H groups in total. The first-order chi connectivity index (χ1) is 19.9. The molecule has 0 aliphatic heterocycles. The molecular weight excluding hydrogens is 614 g/mol. The van der Waals surface area contributed by atoms with Crippen LogP contribution in [0.5, 0.6) is 0 Å². The predicted molar refractivity (Wildman–Crippen MR) is 160 cm³/mol. The van der Waals surface area contributed by atoms with Crippen molar-refractivity contribution in [1.82, 2.24) is 10.3 Å². The van der Waals surface area contributed by atoms with Crippen molar-refractivity contribution in [2.75, 3.05) is 11.9 Å². The Balaban J connectivity index is 0.000000531. The van der Waals surface area contributed by atoms with Gasteiger partial charge < -0.3 is 15.7 Å². The fourth-order valence-electron chi connectivity index (χ4n) is 3.78. The van der Waals surface area contributed by atoms with Gasteiger partial charge in [-0.2, -0.15) is 13.2 Å². The van der Waals surface area contributed by atoms with Crippen LogP contribution in [0.1, 0.15) is 23.2 Å². The van der Waals surface area contributed by atoms with Gasteiger partial charge in [0.05, 0.1) is 17.0 Å². The minimum absolute atomic E-state index is 0.0151. The molecule has 0 bridgehead atoms. The molecule has 4 rings (SSSR count). The van der Waals surface area contributed by atoms with Gasteiger partial charge in [-0.1, -0.05) is 59.1 Å². The minimum Gasteiger partial charge on any atom is -0.481 e. The van der Waals surface area contributed by atoms with Crippen molar-refractivity contribution < 1.29 is 27.9 Å². The number of nitrogens with one attached hydrogen (secondary N) is 2. The summed E-state index contributed by atoms with van der Waals surface area (Å²) in [5.41, 5.74) is 3.84. The van der Waals surface area contributed by atoms with Crippen LogP contribution in [0.3, 0.4) is 0 Å². The molecule has 0 saturated heterocycles. The quantitative estimate of drug-likeness (QED) is 0.126. The normalized spacial score (nSPS) is 10.8. The number of carboxylic acids is 1. The number of hydrogen-bond acceptors (Lipinski definition) is 4. The molecule has 0 saturated carbocycles. The number of nitrogens with zero attached hydrogens (tertiary/aromatic N) is 1. The Hall–Kier alpha value is -3.79. The summed E-state index contributed by atoms with van der Waals surface area (Å²) in [6.07, 6.45) is -2.52. The van der Waals surface area contributed by atoms with Crippen molar-refractivity contribution in [1.29, 1.82) is 0 Å². The maximum absolute atomic E-state index is 13.4. The summed E-state index contributed by atoms with van der Waals surface area (Å²) in [6, 6.07) is 18.3. The van der Waals surface area contributed by atoms with Crippen molar-refractivity contribution in [3.63, 3.8) is 0 Å². The first-order valence-electron chi connectivity index (χ1n) is 12.4. The Labute approximate surface area is 255 Å². The number of benzene rings is 3. The van der Waals surface area contributed by atoms with Gasteiger partial charge in [-0.3, -0.25) is 14.6 Å². The van der Waals surface area contributed by atoms with Crippen LogP contribution in [0, 0.1) is 6.92 Å². The van der Waals surface area contributed by atoms with E-state index in [4.69, 9.17) is 39.9 Å². The van der Waals surface area contributed by atoms with Crippen molar-refractivity contribution in [3.8, 4) is 22.3 Å². The van der Waals surface area contributed by atoms with E-state index < -0.39 is 17.7 Å². The number of hydrogen-bond donors (Lipinski definition) is 3. The molecule has 1 amide bonds. The Morgan fingerprint density at radius 2 is 1.62 bits per heavy atom. The third-order valence-electron chi connectivity index (χ3n) is 5.91. The zero-order chi connectivity index (χ0) is 30.9. The van der Waals surface area contributed by atoms with Crippen molar-refractivity contribution in [2.24, 2.45) is 0 Å². The van der Waals surface area contributed by atoms with E-state index in [0.717, 1.165) is 29.0 Å². The average Bonchev–Trinajstić information content (AvgIpc) is 2.93. The summed E-state index contributed by atoms with van der Waals surface area (Å²) in [7, 11) is 0. The molecule has 0 aliphatic rings. The number of pyridine rings is 1. The second-order valence-electron chi connectivity index (χ2n) is 8.94. The summed E-state index contributed by atoms with van der Waals surface area (Å²) in [5.74, 6) is -0.903. The second kappa shape index (κ2) is 14.9. The van der Waals surface area contributed by atoms with Crippen LogP contribution in [0.4, 0.5) is 18.9 Å². The smallest absolute Gasteiger partial charge is 0.416 e. The van der Waals surface area contributed by atoms with Gasteiger partial charge in [0, 0.05) is 51.8 Å². The van der Waals surface area contributed by atoms with Crippen molar-refractivity contribution in [2.45, 2.75) is 26.1 Å². The summed E-state index contributed by atoms with van der Waals surface area (Å²) >= 11 is 18.8. The molecule has 1 heterocycles. The van der Waals surface area contributed by atoms with Gasteiger partial charge in [-0.15, -0.1) is 0 Å². The molecule has 3 aromatic carbocycles. The maximum Gasteiger partial charge on any atom is 0.416 e. The number of aryl methyl sites for hydroxylation is 1. The molecule has 0 aliphatic carbocycles. The standard InChI is InChI=1S/C26H18Cl3F3N2.C4H7NO3/c1-15-2-3-17(13-33-15)22-10-18(26(30,31)32)11-24(28)23(22)14-34-20-8-9-21(25(29)12-20)16-4-6-19(27)7-5-16;6-3-5-2-1-4(7)8/h2-13,34H,14H2,1H3;3H,1-2H2,(H,5,6)(H,7,8). The molecule has 42 heavy (non-hydrogen) atoms. The van der Waals surface area contributed by atoms with Gasteiger partial charge in [0.15, 0.2) is 0 Å². The maximum atomic E-state index is 13.4. The summed E-state index contributed by atoms with van der Waals surface area (Å²) in [6.45, 7) is 2.21. The first kappa shape index (κ1) is 32.7. The Morgan fingerprint density at radius 1 is 0.929 bits per heavy atom. The molecule has 12 heteroatoms. The van der Waals surface area contributed by atoms with E-state index in [1.165, 1.54) is 0 Å². The third-order valence-corrected chi connectivity index (χ3v) is 6.81. The van der Waals surface area contributed by atoms with E-state index >= 15 is 0 Å². The zero-order valence-corrected chi connectivity index (χ0v) is 24.4. The van der Waals surface area contributed by atoms with E-state index in [1.807, 2.05) is 31.2 Å². The second-order valence-corrected chi connectivity index (χ2v) is 10.2. The van der Waals surface area contributed by atoms with E-state index in [1.54, 1.807) is 36.5 Å². The van der Waals surface area contributed by atoms with E-state index in [2.05, 4.69) is 15.6 Å². The average molecular weight is 639 g/mol. The zero-order valence-electron chi connectivity index (χ0n) is 22.1. The highest BCUT2D eigenvalue weighted by Gasteiger charge is 2.32. The van der Waals surface area contributed by atoms with E-state index in [0.29, 0.717) is 38.8 Å². The van der Waals surface area contributed by atoms with E-state index in [-0.39, 0.29) is 24.5 Å². The molecular formula is C30H25Cl3F3N3O3. The van der Waals surface area contributed by atoms with Crippen LogP contribution in [-0.4, -0.2) is 29.0 Å². The predicted octanol–water partition coefficient (Wildman–Crippen LogP) is 8.52. The molecule has 0 atom stereocenters. The lowest BCUT2D eigenvalue weighted by molar-refractivity contribution is -0.138. The lowest BCUT2D eigenvalue weighted by Gasteiger charge is -2.17. The number of aromatic nitrogens is 1. The SMILES string of the molecule is Cc1ccc(-c2cc(C(F)(F)F)cc(Cl)c2CNc2ccc(-c3ccc(Cl)cc3)c(Cl)c2)cn1.O=CNCCC(=O)O. The van der Waals surface area contributed by atoms with Crippen LogP contribution < -0.4 is 10.6 Å². The highest BCUT2D eigenvalue weighted by atomic mass is 35.5. The summed E-state index contributed by atoms with van der Waals surface area (Å²) < 4.78 is 40.3. The molecule has 0 fully saturated rings. The van der Waals surface area contributed by atoms with Crippen LogP contribution in [0.15, 0.2) is 72.9 Å². The van der Waals surface area contributed by atoms with Gasteiger partial charge in [0.1, 0.15) is 0 Å². The van der Waals surface area contributed by atoms with E-state index in [9.17, 15) is 22.8 Å². The lowest BCUT2D eigenvalue weighted by atomic mass is 9.97. The molecule has 0 spiro atoms. The molecule has 1 aromatic heterocycles. The molecule has 0 radical (unpaired) electrons.